The summed E-state index contributed by atoms with van der Waals surface area (Å²) in [6, 6.07) is 0.121. The summed E-state index contributed by atoms with van der Waals surface area (Å²) in [6.45, 7) is 5.91. The van der Waals surface area contributed by atoms with Crippen molar-refractivity contribution in [2.45, 2.75) is 38.8 Å². The predicted molar refractivity (Wildman–Crippen MR) is 64.5 cm³/mol. The zero-order valence-electron chi connectivity index (χ0n) is 10.6. The number of ether oxygens (including phenoxy) is 1. The summed E-state index contributed by atoms with van der Waals surface area (Å²) >= 11 is 0. The van der Waals surface area contributed by atoms with Crippen LogP contribution in [0.2, 0.25) is 0 Å². The van der Waals surface area contributed by atoms with Crippen LogP contribution in [0.5, 0.6) is 0 Å². The lowest BCUT2D eigenvalue weighted by atomic mass is 10.0. The van der Waals surface area contributed by atoms with Crippen LogP contribution in [0.15, 0.2) is 11.6 Å². The van der Waals surface area contributed by atoms with Crippen LogP contribution in [-0.2, 0) is 9.53 Å². The van der Waals surface area contributed by atoms with Gasteiger partial charge >= 0.3 is 5.97 Å². The van der Waals surface area contributed by atoms with Gasteiger partial charge in [0, 0.05) is 19.5 Å². The van der Waals surface area contributed by atoms with Crippen molar-refractivity contribution in [2.24, 2.45) is 5.92 Å². The molecule has 1 saturated heterocycles. The van der Waals surface area contributed by atoms with Crippen LogP contribution < -0.4 is 0 Å². The molecule has 0 spiro atoms. The van der Waals surface area contributed by atoms with Crippen molar-refractivity contribution in [3.8, 4) is 0 Å². The molecule has 4 nitrogen and oxygen atoms in total. The van der Waals surface area contributed by atoms with Gasteiger partial charge in [0.1, 0.15) is 6.10 Å². The zero-order valence-corrected chi connectivity index (χ0v) is 10.6. The lowest BCUT2D eigenvalue weighted by Gasteiger charge is -2.23. The molecule has 0 aromatic carbocycles. The first-order valence-corrected chi connectivity index (χ1v) is 6.35. The minimum absolute atomic E-state index is 0.0675. The second kappa shape index (κ2) is 5.19. The van der Waals surface area contributed by atoms with E-state index in [2.05, 4.69) is 4.90 Å². The SMILES string of the molecule is CC(C)CC(=O)O[C@@H]1CCN2CC=C(CO)[C@H]12. The Labute approximate surface area is 102 Å². The van der Waals surface area contributed by atoms with E-state index in [0.29, 0.717) is 12.3 Å². The van der Waals surface area contributed by atoms with E-state index in [4.69, 9.17) is 4.74 Å². The molecule has 0 radical (unpaired) electrons. The van der Waals surface area contributed by atoms with E-state index in [-0.39, 0.29) is 24.7 Å². The third kappa shape index (κ3) is 2.69. The average molecular weight is 239 g/mol. The van der Waals surface area contributed by atoms with E-state index in [0.717, 1.165) is 25.1 Å². The third-order valence-electron chi connectivity index (χ3n) is 3.45. The molecule has 2 atom stereocenters. The smallest absolute Gasteiger partial charge is 0.306 e. The third-order valence-corrected chi connectivity index (χ3v) is 3.45. The van der Waals surface area contributed by atoms with Gasteiger partial charge in [0.25, 0.3) is 0 Å². The number of fused-ring (bicyclic) bond motifs is 1. The van der Waals surface area contributed by atoms with E-state index in [1.54, 1.807) is 0 Å². The maximum Gasteiger partial charge on any atom is 0.306 e. The van der Waals surface area contributed by atoms with Crippen LogP contribution in [0.25, 0.3) is 0 Å². The highest BCUT2D eigenvalue weighted by Crippen LogP contribution is 2.31. The summed E-state index contributed by atoms with van der Waals surface area (Å²) in [5.41, 5.74) is 1.00. The molecule has 0 amide bonds. The predicted octanol–water partition coefficient (Wildman–Crippen LogP) is 0.951. The molecule has 1 N–H and O–H groups in total. The van der Waals surface area contributed by atoms with E-state index >= 15 is 0 Å². The minimum atomic E-state index is -0.115. The van der Waals surface area contributed by atoms with E-state index in [1.807, 2.05) is 19.9 Å². The first-order valence-electron chi connectivity index (χ1n) is 6.35. The fraction of sp³-hybridized carbons (Fsp3) is 0.769. The summed E-state index contributed by atoms with van der Waals surface area (Å²) in [7, 11) is 0. The molecule has 2 aliphatic rings. The molecule has 0 unspecified atom stereocenters. The van der Waals surface area contributed by atoms with Gasteiger partial charge in [0.05, 0.1) is 12.6 Å². The van der Waals surface area contributed by atoms with Crippen molar-refractivity contribution < 1.29 is 14.6 Å². The average Bonchev–Trinajstić information content (AvgIpc) is 2.79. The number of hydrogen-bond acceptors (Lipinski definition) is 4. The van der Waals surface area contributed by atoms with Crippen LogP contribution in [0.1, 0.15) is 26.7 Å². The molecule has 0 aliphatic carbocycles. The normalized spacial score (nSPS) is 28.4. The Balaban J connectivity index is 1.93. The zero-order chi connectivity index (χ0) is 12.4. The second-order valence-electron chi connectivity index (χ2n) is 5.29. The van der Waals surface area contributed by atoms with Gasteiger partial charge in [0.15, 0.2) is 0 Å². The monoisotopic (exact) mass is 239 g/mol. The lowest BCUT2D eigenvalue weighted by Crippen LogP contribution is -2.35. The van der Waals surface area contributed by atoms with E-state index in [1.165, 1.54) is 0 Å². The van der Waals surface area contributed by atoms with Crippen molar-refractivity contribution in [2.75, 3.05) is 19.7 Å². The number of aliphatic hydroxyl groups excluding tert-OH is 1. The first kappa shape index (κ1) is 12.6. The molecule has 2 heterocycles. The molecule has 1 fully saturated rings. The van der Waals surface area contributed by atoms with E-state index < -0.39 is 0 Å². The number of carbonyl (C=O) groups excluding carboxylic acids is 1. The van der Waals surface area contributed by atoms with Gasteiger partial charge in [-0.1, -0.05) is 19.9 Å². The van der Waals surface area contributed by atoms with Crippen molar-refractivity contribution >= 4 is 5.97 Å². The summed E-state index contributed by atoms with van der Waals surface area (Å²) in [5.74, 6) is 0.215. The highest BCUT2D eigenvalue weighted by Gasteiger charge is 2.41. The van der Waals surface area contributed by atoms with Crippen LogP contribution >= 0.6 is 0 Å². The van der Waals surface area contributed by atoms with Gasteiger partial charge in [-0.3, -0.25) is 9.69 Å². The van der Waals surface area contributed by atoms with Gasteiger partial charge in [-0.25, -0.2) is 0 Å². The summed E-state index contributed by atoms with van der Waals surface area (Å²) in [5, 5.41) is 9.27. The van der Waals surface area contributed by atoms with Crippen LogP contribution in [0.3, 0.4) is 0 Å². The molecule has 0 aromatic rings. The highest BCUT2D eigenvalue weighted by molar-refractivity contribution is 5.70. The molecule has 2 aliphatic heterocycles. The molecule has 96 valence electrons. The van der Waals surface area contributed by atoms with Crippen LogP contribution in [-0.4, -0.2) is 47.8 Å². The molecule has 0 saturated carbocycles. The second-order valence-corrected chi connectivity index (χ2v) is 5.29. The molecular weight excluding hydrogens is 218 g/mol. The molecular formula is C13H21NO3. The van der Waals surface area contributed by atoms with Gasteiger partial charge in [-0.15, -0.1) is 0 Å². The lowest BCUT2D eigenvalue weighted by molar-refractivity contribution is -0.150. The van der Waals surface area contributed by atoms with Gasteiger partial charge in [0.2, 0.25) is 0 Å². The molecule has 2 rings (SSSR count). The Kier molecular flexibility index (Phi) is 3.84. The Morgan fingerprint density at radius 2 is 2.41 bits per heavy atom. The van der Waals surface area contributed by atoms with Gasteiger partial charge in [-0.2, -0.15) is 0 Å². The molecule has 4 heteroatoms. The number of nitrogens with zero attached hydrogens (tertiary/aromatic N) is 1. The maximum absolute atomic E-state index is 11.7. The number of aliphatic hydroxyl groups is 1. The van der Waals surface area contributed by atoms with Crippen molar-refractivity contribution in [3.63, 3.8) is 0 Å². The Morgan fingerprint density at radius 3 is 3.06 bits per heavy atom. The van der Waals surface area contributed by atoms with E-state index in [9.17, 15) is 9.90 Å². The fourth-order valence-corrected chi connectivity index (χ4v) is 2.69. The standard InChI is InChI=1S/C13H21NO3/c1-9(2)7-12(16)17-11-4-6-14-5-3-10(8-15)13(11)14/h3,9,11,13,15H,4-8H2,1-2H3/t11-,13-/m1/s1. The van der Waals surface area contributed by atoms with Gasteiger partial charge in [-0.05, 0) is 17.9 Å². The number of hydrogen-bond donors (Lipinski definition) is 1. The number of esters is 1. The number of rotatable bonds is 4. The highest BCUT2D eigenvalue weighted by atomic mass is 16.5. The summed E-state index contributed by atoms with van der Waals surface area (Å²) < 4.78 is 5.54. The molecule has 0 aromatic heterocycles. The fourth-order valence-electron chi connectivity index (χ4n) is 2.69. The van der Waals surface area contributed by atoms with Gasteiger partial charge < -0.3 is 9.84 Å². The first-order chi connectivity index (χ1) is 8.11. The number of carbonyl (C=O) groups is 1. The largest absolute Gasteiger partial charge is 0.460 e. The summed E-state index contributed by atoms with van der Waals surface area (Å²) in [4.78, 5) is 13.9. The summed E-state index contributed by atoms with van der Waals surface area (Å²) in [6.07, 6.45) is 3.34. The Morgan fingerprint density at radius 1 is 1.65 bits per heavy atom. The minimum Gasteiger partial charge on any atom is -0.460 e. The van der Waals surface area contributed by atoms with Crippen molar-refractivity contribution in [3.05, 3.63) is 11.6 Å². The van der Waals surface area contributed by atoms with Crippen LogP contribution in [0, 0.1) is 5.92 Å². The topological polar surface area (TPSA) is 49.8 Å². The van der Waals surface area contributed by atoms with Crippen LogP contribution in [0.4, 0.5) is 0 Å². The van der Waals surface area contributed by atoms with Crippen molar-refractivity contribution in [1.82, 2.24) is 4.90 Å². The molecule has 0 bridgehead atoms. The quantitative estimate of drug-likeness (QED) is 0.586. The Hall–Kier alpha value is -0.870. The Bertz CT molecular complexity index is 325. The maximum atomic E-state index is 11.7. The van der Waals surface area contributed by atoms with Crippen molar-refractivity contribution in [1.29, 1.82) is 0 Å². The molecule has 17 heavy (non-hydrogen) atoms.